The van der Waals surface area contributed by atoms with E-state index in [1.165, 1.54) is 11.3 Å². The van der Waals surface area contributed by atoms with E-state index < -0.39 is 0 Å². The van der Waals surface area contributed by atoms with Crippen molar-refractivity contribution in [2.75, 3.05) is 0 Å². The van der Waals surface area contributed by atoms with Gasteiger partial charge in [-0.1, -0.05) is 0 Å². The van der Waals surface area contributed by atoms with Crippen molar-refractivity contribution < 1.29 is 5.11 Å². The summed E-state index contributed by atoms with van der Waals surface area (Å²) >= 11 is 0. The molecule has 2 rings (SSSR count). The highest BCUT2D eigenvalue weighted by Crippen LogP contribution is 2.21. The number of aryl methyl sites for hydroxylation is 1. The zero-order valence-corrected chi connectivity index (χ0v) is 8.42. The molecular formula is C11H15NO2. The Labute approximate surface area is 83.0 Å². The first kappa shape index (κ1) is 9.46. The monoisotopic (exact) mass is 193 g/mol. The van der Waals surface area contributed by atoms with Crippen molar-refractivity contribution in [1.29, 1.82) is 0 Å². The zero-order chi connectivity index (χ0) is 10.1. The van der Waals surface area contributed by atoms with Crippen LogP contribution in [-0.4, -0.2) is 9.67 Å². The molecule has 0 atom stereocenters. The first-order valence-corrected chi connectivity index (χ1v) is 5.13. The standard InChI is InChI=1S/C11H15NO2/c1-2-12-10-5-3-4-8(10)6-9(7-13)11(12)14/h6,13H,2-5,7H2,1H3. The lowest BCUT2D eigenvalue weighted by atomic mass is 10.1. The molecule has 1 aliphatic rings. The lowest BCUT2D eigenvalue weighted by molar-refractivity contribution is 0.279. The van der Waals surface area contributed by atoms with Gasteiger partial charge in [0.1, 0.15) is 0 Å². The van der Waals surface area contributed by atoms with Gasteiger partial charge in [-0.15, -0.1) is 0 Å². The van der Waals surface area contributed by atoms with E-state index in [0.717, 1.165) is 19.3 Å². The van der Waals surface area contributed by atoms with Crippen molar-refractivity contribution >= 4 is 0 Å². The number of rotatable bonds is 2. The highest BCUT2D eigenvalue weighted by molar-refractivity contribution is 5.30. The summed E-state index contributed by atoms with van der Waals surface area (Å²) in [5.41, 5.74) is 2.94. The second-order valence-electron chi connectivity index (χ2n) is 3.70. The normalized spacial score (nSPS) is 14.4. The van der Waals surface area contributed by atoms with Crippen LogP contribution in [0, 0.1) is 0 Å². The predicted octanol–water partition coefficient (Wildman–Crippen LogP) is 0.849. The van der Waals surface area contributed by atoms with Gasteiger partial charge in [-0.2, -0.15) is 0 Å². The molecule has 0 spiro atoms. The fourth-order valence-electron chi connectivity index (χ4n) is 2.23. The fraction of sp³-hybridized carbons (Fsp3) is 0.545. The quantitative estimate of drug-likeness (QED) is 0.756. The molecule has 0 bridgehead atoms. The topological polar surface area (TPSA) is 42.2 Å². The minimum atomic E-state index is -0.147. The van der Waals surface area contributed by atoms with Gasteiger partial charge >= 0.3 is 0 Å². The van der Waals surface area contributed by atoms with E-state index in [2.05, 4.69) is 0 Å². The van der Waals surface area contributed by atoms with E-state index in [1.807, 2.05) is 13.0 Å². The molecular weight excluding hydrogens is 178 g/mol. The van der Waals surface area contributed by atoms with Crippen LogP contribution < -0.4 is 5.56 Å². The summed E-state index contributed by atoms with van der Waals surface area (Å²) in [5.74, 6) is 0. The third-order valence-electron chi connectivity index (χ3n) is 2.91. The number of pyridine rings is 1. The molecule has 0 amide bonds. The molecule has 0 aliphatic heterocycles. The van der Waals surface area contributed by atoms with Gasteiger partial charge in [0.25, 0.3) is 5.56 Å². The van der Waals surface area contributed by atoms with Crippen molar-refractivity contribution in [3.8, 4) is 0 Å². The molecule has 0 radical (unpaired) electrons. The number of aromatic nitrogens is 1. The molecule has 1 aliphatic carbocycles. The lowest BCUT2D eigenvalue weighted by Crippen LogP contribution is -2.26. The van der Waals surface area contributed by atoms with Crippen LogP contribution in [0.3, 0.4) is 0 Å². The molecule has 14 heavy (non-hydrogen) atoms. The third kappa shape index (κ3) is 1.28. The Bertz CT molecular complexity index is 406. The van der Waals surface area contributed by atoms with Crippen LogP contribution >= 0.6 is 0 Å². The van der Waals surface area contributed by atoms with Crippen LogP contribution in [-0.2, 0) is 26.0 Å². The summed E-state index contributed by atoms with van der Waals surface area (Å²) < 4.78 is 1.80. The molecule has 1 aromatic heterocycles. The maximum Gasteiger partial charge on any atom is 0.256 e. The van der Waals surface area contributed by atoms with Crippen LogP contribution in [0.15, 0.2) is 10.9 Å². The smallest absolute Gasteiger partial charge is 0.256 e. The SMILES string of the molecule is CCn1c2c(cc(CO)c1=O)CCC2. The van der Waals surface area contributed by atoms with Crippen molar-refractivity contribution in [1.82, 2.24) is 4.57 Å². The van der Waals surface area contributed by atoms with Crippen molar-refractivity contribution in [3.63, 3.8) is 0 Å². The molecule has 0 unspecified atom stereocenters. The number of aliphatic hydroxyl groups excluding tert-OH is 1. The Kier molecular flexibility index (Phi) is 2.42. The second kappa shape index (κ2) is 3.58. The Morgan fingerprint density at radius 3 is 2.93 bits per heavy atom. The lowest BCUT2D eigenvalue weighted by Gasteiger charge is -2.11. The molecule has 3 heteroatoms. The molecule has 0 aromatic carbocycles. The van der Waals surface area contributed by atoms with E-state index in [-0.39, 0.29) is 12.2 Å². The highest BCUT2D eigenvalue weighted by atomic mass is 16.3. The maximum atomic E-state index is 11.8. The van der Waals surface area contributed by atoms with Gasteiger partial charge in [-0.05, 0) is 37.8 Å². The highest BCUT2D eigenvalue weighted by Gasteiger charge is 2.17. The van der Waals surface area contributed by atoms with Crippen molar-refractivity contribution in [2.45, 2.75) is 39.3 Å². The molecule has 3 nitrogen and oxygen atoms in total. The molecule has 76 valence electrons. The van der Waals surface area contributed by atoms with Crippen LogP contribution in [0.5, 0.6) is 0 Å². The predicted molar refractivity (Wildman–Crippen MR) is 54.3 cm³/mol. The van der Waals surface area contributed by atoms with Crippen molar-refractivity contribution in [3.05, 3.63) is 33.2 Å². The van der Waals surface area contributed by atoms with Gasteiger partial charge in [0.2, 0.25) is 0 Å². The van der Waals surface area contributed by atoms with E-state index in [9.17, 15) is 4.79 Å². The zero-order valence-electron chi connectivity index (χ0n) is 8.42. The minimum absolute atomic E-state index is 0.0179. The number of nitrogens with zero attached hydrogens (tertiary/aromatic N) is 1. The van der Waals surface area contributed by atoms with Gasteiger partial charge in [-0.25, -0.2) is 0 Å². The second-order valence-corrected chi connectivity index (χ2v) is 3.70. The van der Waals surface area contributed by atoms with Crippen LogP contribution in [0.4, 0.5) is 0 Å². The Hall–Kier alpha value is -1.09. The summed E-state index contributed by atoms with van der Waals surface area (Å²) in [7, 11) is 0. The summed E-state index contributed by atoms with van der Waals surface area (Å²) in [4.78, 5) is 11.8. The van der Waals surface area contributed by atoms with Crippen LogP contribution in [0.25, 0.3) is 0 Å². The summed E-state index contributed by atoms with van der Waals surface area (Å²) in [5, 5.41) is 9.06. The maximum absolute atomic E-state index is 11.8. The van der Waals surface area contributed by atoms with Gasteiger partial charge < -0.3 is 9.67 Å². The van der Waals surface area contributed by atoms with E-state index in [0.29, 0.717) is 12.1 Å². The Morgan fingerprint density at radius 1 is 1.50 bits per heavy atom. The van der Waals surface area contributed by atoms with Crippen LogP contribution in [0.2, 0.25) is 0 Å². The van der Waals surface area contributed by atoms with Gasteiger partial charge in [0, 0.05) is 17.8 Å². The molecule has 0 saturated heterocycles. The molecule has 1 N–H and O–H groups in total. The van der Waals surface area contributed by atoms with Crippen LogP contribution in [0.1, 0.15) is 30.2 Å². The van der Waals surface area contributed by atoms with E-state index >= 15 is 0 Å². The first-order valence-electron chi connectivity index (χ1n) is 5.13. The van der Waals surface area contributed by atoms with Gasteiger partial charge in [-0.3, -0.25) is 4.79 Å². The number of aliphatic hydroxyl groups is 1. The first-order chi connectivity index (χ1) is 6.77. The molecule has 1 aromatic rings. The summed E-state index contributed by atoms with van der Waals surface area (Å²) in [6.45, 7) is 2.53. The Balaban J connectivity index is 2.67. The fourth-order valence-corrected chi connectivity index (χ4v) is 2.23. The average molecular weight is 193 g/mol. The number of hydrogen-bond donors (Lipinski definition) is 1. The van der Waals surface area contributed by atoms with Gasteiger partial charge in [0.15, 0.2) is 0 Å². The van der Waals surface area contributed by atoms with E-state index in [1.54, 1.807) is 4.57 Å². The van der Waals surface area contributed by atoms with Gasteiger partial charge in [0.05, 0.1) is 6.61 Å². The number of fused-ring (bicyclic) bond motifs is 1. The summed E-state index contributed by atoms with van der Waals surface area (Å²) in [6, 6.07) is 1.87. The minimum Gasteiger partial charge on any atom is -0.391 e. The largest absolute Gasteiger partial charge is 0.391 e. The number of hydrogen-bond acceptors (Lipinski definition) is 2. The average Bonchev–Trinajstić information content (AvgIpc) is 2.64. The molecule has 1 heterocycles. The summed E-state index contributed by atoms with van der Waals surface area (Å²) in [6.07, 6.45) is 3.18. The Morgan fingerprint density at radius 2 is 2.29 bits per heavy atom. The molecule has 0 saturated carbocycles. The van der Waals surface area contributed by atoms with E-state index in [4.69, 9.17) is 5.11 Å². The molecule has 0 fully saturated rings. The van der Waals surface area contributed by atoms with Crippen molar-refractivity contribution in [2.24, 2.45) is 0 Å². The third-order valence-corrected chi connectivity index (χ3v) is 2.91.